The van der Waals surface area contributed by atoms with Crippen molar-refractivity contribution in [3.8, 4) is 5.97 Å². The van der Waals surface area contributed by atoms with Crippen LogP contribution in [0.15, 0.2) is 12.4 Å². The average molecular weight is 284 g/mol. The quantitative estimate of drug-likeness (QED) is 0.827. The molecule has 5 nitrogen and oxygen atoms in total. The van der Waals surface area contributed by atoms with Crippen molar-refractivity contribution in [2.24, 2.45) is 0 Å². The average Bonchev–Trinajstić information content (AvgIpc) is 2.45. The van der Waals surface area contributed by atoms with E-state index in [9.17, 15) is 18.3 Å². The summed E-state index contributed by atoms with van der Waals surface area (Å²) < 4.78 is 37.2. The molecule has 0 saturated carbocycles. The van der Waals surface area contributed by atoms with Gasteiger partial charge >= 0.3 is 6.18 Å². The summed E-state index contributed by atoms with van der Waals surface area (Å²) in [4.78, 5) is 9.13. The molecule has 0 aromatic carbocycles. The highest BCUT2D eigenvalue weighted by atomic mass is 19.4. The summed E-state index contributed by atoms with van der Waals surface area (Å²) in [6.45, 7) is 0.459. The fourth-order valence-corrected chi connectivity index (χ4v) is 2.20. The van der Waals surface area contributed by atoms with Crippen molar-refractivity contribution >= 4 is 12.7 Å². The van der Waals surface area contributed by atoms with E-state index >= 15 is 0 Å². The smallest absolute Gasteiger partial charge is 0.397 e. The minimum Gasteiger partial charge on any atom is -0.397 e. The molecule has 0 aliphatic carbocycles. The second-order valence-corrected chi connectivity index (χ2v) is 4.68. The highest BCUT2D eigenvalue weighted by Gasteiger charge is 2.34. The SMILES string of the molecule is N#CB1CCN(c2ncc(C(F)(F)F)cn2)CC1CO. The summed E-state index contributed by atoms with van der Waals surface area (Å²) >= 11 is 0. The third-order valence-electron chi connectivity index (χ3n) is 3.38. The van der Waals surface area contributed by atoms with Crippen molar-refractivity contribution in [2.75, 3.05) is 24.6 Å². The van der Waals surface area contributed by atoms with Crippen LogP contribution in [0.5, 0.6) is 0 Å². The van der Waals surface area contributed by atoms with Gasteiger partial charge in [0.05, 0.1) is 5.56 Å². The Labute approximate surface area is 114 Å². The summed E-state index contributed by atoms with van der Waals surface area (Å²) in [6.07, 6.45) is -2.44. The third-order valence-corrected chi connectivity index (χ3v) is 3.38. The van der Waals surface area contributed by atoms with Crippen LogP contribution in [-0.4, -0.2) is 41.5 Å². The van der Waals surface area contributed by atoms with Gasteiger partial charge in [0.15, 0.2) is 0 Å². The minimum absolute atomic E-state index is 0.143. The molecule has 1 aromatic heterocycles. The Bertz CT molecular complexity index is 502. The summed E-state index contributed by atoms with van der Waals surface area (Å²) in [5, 5.41) is 18.2. The van der Waals surface area contributed by atoms with Gasteiger partial charge in [-0.05, 0) is 12.1 Å². The number of rotatable bonds is 2. The zero-order valence-electron chi connectivity index (χ0n) is 10.5. The van der Waals surface area contributed by atoms with Crippen LogP contribution < -0.4 is 4.90 Å². The number of nitrogens with zero attached hydrogens (tertiary/aromatic N) is 4. The Hall–Kier alpha value is -1.82. The van der Waals surface area contributed by atoms with E-state index in [0.717, 1.165) is 12.4 Å². The Morgan fingerprint density at radius 3 is 2.60 bits per heavy atom. The molecule has 1 fully saturated rings. The molecular weight excluding hydrogens is 272 g/mol. The zero-order chi connectivity index (χ0) is 14.8. The Morgan fingerprint density at radius 1 is 1.45 bits per heavy atom. The zero-order valence-corrected chi connectivity index (χ0v) is 10.5. The number of hydrogen-bond donors (Lipinski definition) is 1. The van der Waals surface area contributed by atoms with E-state index in [0.29, 0.717) is 19.4 Å². The van der Waals surface area contributed by atoms with E-state index in [1.807, 2.05) is 0 Å². The number of aromatic nitrogens is 2. The summed E-state index contributed by atoms with van der Waals surface area (Å²) in [6, 6.07) is 0. The first-order valence-corrected chi connectivity index (χ1v) is 6.10. The second kappa shape index (κ2) is 5.67. The minimum atomic E-state index is -4.46. The van der Waals surface area contributed by atoms with E-state index in [1.54, 1.807) is 4.90 Å². The van der Waals surface area contributed by atoms with Crippen molar-refractivity contribution < 1.29 is 18.3 Å². The molecular formula is C11H12BF3N4O. The molecule has 20 heavy (non-hydrogen) atoms. The highest BCUT2D eigenvalue weighted by molar-refractivity contribution is 6.68. The number of nitriles is 1. The van der Waals surface area contributed by atoms with Gasteiger partial charge in [0.2, 0.25) is 5.95 Å². The summed E-state index contributed by atoms with van der Waals surface area (Å²) in [7, 11) is 0. The number of halogens is 3. The molecule has 1 atom stereocenters. The largest absolute Gasteiger partial charge is 0.419 e. The molecule has 0 radical (unpaired) electrons. The van der Waals surface area contributed by atoms with Gasteiger partial charge in [-0.25, -0.2) is 15.2 Å². The van der Waals surface area contributed by atoms with Crippen LogP contribution in [0.4, 0.5) is 19.1 Å². The van der Waals surface area contributed by atoms with Gasteiger partial charge in [-0.1, -0.05) is 0 Å². The van der Waals surface area contributed by atoms with E-state index in [4.69, 9.17) is 5.26 Å². The third kappa shape index (κ3) is 3.01. The van der Waals surface area contributed by atoms with Crippen LogP contribution in [-0.2, 0) is 6.18 Å². The number of alkyl halides is 3. The van der Waals surface area contributed by atoms with Crippen molar-refractivity contribution in [3.63, 3.8) is 0 Å². The topological polar surface area (TPSA) is 73.0 Å². The summed E-state index contributed by atoms with van der Waals surface area (Å²) in [5.41, 5.74) is -0.896. The monoisotopic (exact) mass is 284 g/mol. The van der Waals surface area contributed by atoms with Crippen molar-refractivity contribution in [2.45, 2.75) is 18.3 Å². The lowest BCUT2D eigenvalue weighted by Crippen LogP contribution is -2.43. The van der Waals surface area contributed by atoms with E-state index in [2.05, 4.69) is 15.9 Å². The molecule has 0 bridgehead atoms. The molecule has 1 aliphatic rings. The summed E-state index contributed by atoms with van der Waals surface area (Å²) in [5.74, 6) is 2.08. The Balaban J connectivity index is 2.11. The van der Waals surface area contributed by atoms with Crippen LogP contribution >= 0.6 is 0 Å². The molecule has 1 aromatic rings. The van der Waals surface area contributed by atoms with Crippen LogP contribution in [0.3, 0.4) is 0 Å². The van der Waals surface area contributed by atoms with E-state index < -0.39 is 11.7 Å². The molecule has 1 N–H and O–H groups in total. The van der Waals surface area contributed by atoms with Crippen LogP contribution in [0, 0.1) is 11.2 Å². The number of aliphatic hydroxyl groups excluding tert-OH is 1. The maximum Gasteiger partial charge on any atom is 0.419 e. The lowest BCUT2D eigenvalue weighted by Gasteiger charge is -2.33. The fourth-order valence-electron chi connectivity index (χ4n) is 2.20. The maximum atomic E-state index is 12.4. The van der Waals surface area contributed by atoms with Gasteiger partial charge in [-0.3, -0.25) is 0 Å². The standard InChI is InChI=1S/C11H12BF3N4O/c13-11(14,15)8-3-17-10(18-4-8)19-2-1-12(7-16)9(5-19)6-20/h3-4,9,20H,1-2,5-6H2. The molecule has 1 unspecified atom stereocenters. The van der Waals surface area contributed by atoms with Gasteiger partial charge in [0, 0.05) is 38.1 Å². The normalized spacial score (nSPS) is 19.9. The maximum absolute atomic E-state index is 12.4. The van der Waals surface area contributed by atoms with Crippen LogP contribution in [0.2, 0.25) is 12.1 Å². The number of aliphatic hydroxyl groups is 1. The molecule has 9 heteroatoms. The van der Waals surface area contributed by atoms with Gasteiger partial charge in [0.25, 0.3) is 6.71 Å². The number of anilines is 1. The molecule has 2 rings (SSSR count). The predicted octanol–water partition coefficient (Wildman–Crippen LogP) is 1.24. The molecule has 106 valence electrons. The molecule has 0 spiro atoms. The van der Waals surface area contributed by atoms with Gasteiger partial charge < -0.3 is 10.0 Å². The van der Waals surface area contributed by atoms with E-state index in [-0.39, 0.29) is 25.1 Å². The van der Waals surface area contributed by atoms with Crippen molar-refractivity contribution in [3.05, 3.63) is 18.0 Å². The van der Waals surface area contributed by atoms with Crippen molar-refractivity contribution in [1.82, 2.24) is 9.97 Å². The lowest BCUT2D eigenvalue weighted by atomic mass is 9.39. The van der Waals surface area contributed by atoms with Gasteiger partial charge in [-0.15, -0.1) is 0 Å². The highest BCUT2D eigenvalue weighted by Crippen LogP contribution is 2.29. The number of hydrogen-bond acceptors (Lipinski definition) is 5. The lowest BCUT2D eigenvalue weighted by molar-refractivity contribution is -0.138. The first-order valence-electron chi connectivity index (χ1n) is 6.10. The fraction of sp³-hybridized carbons (Fsp3) is 0.545. The van der Waals surface area contributed by atoms with Gasteiger partial charge in [-0.2, -0.15) is 13.2 Å². The molecule has 1 saturated heterocycles. The van der Waals surface area contributed by atoms with Gasteiger partial charge in [0.1, 0.15) is 0 Å². The first-order chi connectivity index (χ1) is 9.45. The Morgan fingerprint density at radius 2 is 2.10 bits per heavy atom. The second-order valence-electron chi connectivity index (χ2n) is 4.68. The molecule has 1 aliphatic heterocycles. The Kier molecular flexibility index (Phi) is 4.13. The molecule has 2 heterocycles. The van der Waals surface area contributed by atoms with E-state index in [1.165, 1.54) is 0 Å². The predicted molar refractivity (Wildman–Crippen MR) is 66.3 cm³/mol. The molecule has 0 amide bonds. The first kappa shape index (κ1) is 14.6. The van der Waals surface area contributed by atoms with Crippen LogP contribution in [0.25, 0.3) is 0 Å². The van der Waals surface area contributed by atoms with Crippen molar-refractivity contribution in [1.29, 1.82) is 5.26 Å². The van der Waals surface area contributed by atoms with Crippen LogP contribution in [0.1, 0.15) is 5.56 Å².